The molecule has 0 atom stereocenters. The Labute approximate surface area is 167 Å². The van der Waals surface area contributed by atoms with Gasteiger partial charge in [0.1, 0.15) is 5.69 Å². The first kappa shape index (κ1) is 18.4. The highest BCUT2D eigenvalue weighted by Crippen LogP contribution is 2.40. The Balaban J connectivity index is 1.90. The number of hydrogen-bond acceptors (Lipinski definition) is 3. The Morgan fingerprint density at radius 1 is 0.793 bits per heavy atom. The lowest BCUT2D eigenvalue weighted by Crippen LogP contribution is -2.09. The molecule has 5 heteroatoms. The molecule has 5 nitrogen and oxygen atoms in total. The predicted molar refractivity (Wildman–Crippen MR) is 116 cm³/mol. The van der Waals surface area contributed by atoms with Gasteiger partial charge in [0, 0.05) is 18.4 Å². The van der Waals surface area contributed by atoms with Gasteiger partial charge in [-0.2, -0.15) is 0 Å². The second-order valence-electron chi connectivity index (χ2n) is 6.75. The molecule has 0 radical (unpaired) electrons. The van der Waals surface area contributed by atoms with Crippen molar-refractivity contribution in [1.29, 1.82) is 0 Å². The molecule has 4 rings (SSSR count). The van der Waals surface area contributed by atoms with E-state index >= 15 is 0 Å². The van der Waals surface area contributed by atoms with Crippen molar-refractivity contribution in [2.45, 2.75) is 6.92 Å². The first-order chi connectivity index (χ1) is 14.0. The van der Waals surface area contributed by atoms with Gasteiger partial charge in [-0.3, -0.25) is 14.9 Å². The molecule has 1 N–H and O–H groups in total. The zero-order valence-corrected chi connectivity index (χ0v) is 15.8. The van der Waals surface area contributed by atoms with E-state index in [-0.39, 0.29) is 17.3 Å². The van der Waals surface area contributed by atoms with Crippen LogP contribution in [0.25, 0.3) is 33.0 Å². The summed E-state index contributed by atoms with van der Waals surface area (Å²) in [6, 6.07) is 26.9. The summed E-state index contributed by atoms with van der Waals surface area (Å²) in [5.41, 5.74) is 3.90. The Morgan fingerprint density at radius 2 is 1.34 bits per heavy atom. The largest absolute Gasteiger partial charge is 0.320 e. The molecule has 0 saturated carbocycles. The van der Waals surface area contributed by atoms with Crippen molar-refractivity contribution in [1.82, 2.24) is 0 Å². The molecule has 4 aromatic carbocycles. The molecule has 0 aliphatic rings. The van der Waals surface area contributed by atoms with Gasteiger partial charge in [-0.25, -0.2) is 0 Å². The third-order valence-corrected chi connectivity index (χ3v) is 4.82. The van der Waals surface area contributed by atoms with E-state index in [2.05, 4.69) is 5.32 Å². The van der Waals surface area contributed by atoms with Crippen molar-refractivity contribution in [2.75, 3.05) is 5.32 Å². The third-order valence-electron chi connectivity index (χ3n) is 4.82. The van der Waals surface area contributed by atoms with Crippen LogP contribution in [0.3, 0.4) is 0 Å². The monoisotopic (exact) mass is 382 g/mol. The van der Waals surface area contributed by atoms with Crippen molar-refractivity contribution in [3.05, 3.63) is 95.0 Å². The van der Waals surface area contributed by atoms with Gasteiger partial charge in [-0.15, -0.1) is 0 Å². The number of carbonyl (C=O) groups is 1. The molecule has 0 spiro atoms. The Hall–Kier alpha value is -3.99. The fourth-order valence-electron chi connectivity index (χ4n) is 3.52. The molecule has 0 heterocycles. The maximum atomic E-state index is 11.7. The van der Waals surface area contributed by atoms with Gasteiger partial charge in [0.15, 0.2) is 0 Å². The highest BCUT2D eigenvalue weighted by molar-refractivity contribution is 6.10. The van der Waals surface area contributed by atoms with Crippen LogP contribution in [-0.4, -0.2) is 10.8 Å². The summed E-state index contributed by atoms with van der Waals surface area (Å²) in [5, 5.41) is 15.8. The quantitative estimate of drug-likeness (QED) is 0.345. The van der Waals surface area contributed by atoms with Crippen molar-refractivity contribution in [3.8, 4) is 22.3 Å². The van der Waals surface area contributed by atoms with Crippen LogP contribution >= 0.6 is 0 Å². The van der Waals surface area contributed by atoms with E-state index < -0.39 is 4.92 Å². The molecule has 4 aromatic rings. The number of nitro groups is 1. The Kier molecular flexibility index (Phi) is 4.79. The van der Waals surface area contributed by atoms with Crippen molar-refractivity contribution < 1.29 is 9.72 Å². The number of hydrogen-bond donors (Lipinski definition) is 1. The standard InChI is InChI=1S/C24H18N2O3/c1-16(27)25-24-21-10-6-5-9-20(21)22(15-23(24)26(28)29)19-13-11-18(12-14-19)17-7-3-2-4-8-17/h2-15H,1H3,(H,25,27). The topological polar surface area (TPSA) is 72.2 Å². The van der Waals surface area contributed by atoms with E-state index in [9.17, 15) is 14.9 Å². The summed E-state index contributed by atoms with van der Waals surface area (Å²) >= 11 is 0. The van der Waals surface area contributed by atoms with Crippen LogP contribution in [0.2, 0.25) is 0 Å². The van der Waals surface area contributed by atoms with E-state index in [0.29, 0.717) is 5.39 Å². The highest BCUT2D eigenvalue weighted by Gasteiger charge is 2.21. The molecule has 0 unspecified atom stereocenters. The van der Waals surface area contributed by atoms with E-state index in [4.69, 9.17) is 0 Å². The first-order valence-electron chi connectivity index (χ1n) is 9.18. The molecular weight excluding hydrogens is 364 g/mol. The minimum atomic E-state index is -0.459. The number of amides is 1. The number of fused-ring (bicyclic) bond motifs is 1. The molecule has 0 aliphatic carbocycles. The molecule has 29 heavy (non-hydrogen) atoms. The normalized spacial score (nSPS) is 10.7. The highest BCUT2D eigenvalue weighted by atomic mass is 16.6. The summed E-state index contributed by atoms with van der Waals surface area (Å²) < 4.78 is 0. The first-order valence-corrected chi connectivity index (χ1v) is 9.18. The number of nitrogens with one attached hydrogen (secondary N) is 1. The van der Waals surface area contributed by atoms with Gasteiger partial charge in [-0.1, -0.05) is 78.9 Å². The summed E-state index contributed by atoms with van der Waals surface area (Å²) in [4.78, 5) is 22.9. The summed E-state index contributed by atoms with van der Waals surface area (Å²) in [6.45, 7) is 1.34. The number of rotatable bonds is 4. The smallest absolute Gasteiger partial charge is 0.294 e. The van der Waals surface area contributed by atoms with Gasteiger partial charge in [0.05, 0.1) is 4.92 Å². The Bertz CT molecular complexity index is 1220. The zero-order valence-electron chi connectivity index (χ0n) is 15.8. The van der Waals surface area contributed by atoms with Gasteiger partial charge >= 0.3 is 0 Å². The SMILES string of the molecule is CC(=O)Nc1c([N+](=O)[O-])cc(-c2ccc(-c3ccccc3)cc2)c2ccccc12. The number of nitro benzene ring substituents is 1. The summed E-state index contributed by atoms with van der Waals surface area (Å²) in [6.07, 6.45) is 0. The number of carbonyl (C=O) groups excluding carboxylic acids is 1. The van der Waals surface area contributed by atoms with Crippen LogP contribution in [0, 0.1) is 10.1 Å². The predicted octanol–water partition coefficient (Wildman–Crippen LogP) is 6.04. The molecule has 1 amide bonds. The lowest BCUT2D eigenvalue weighted by molar-refractivity contribution is -0.383. The van der Waals surface area contributed by atoms with Crippen LogP contribution in [0.5, 0.6) is 0 Å². The van der Waals surface area contributed by atoms with Crippen molar-refractivity contribution in [3.63, 3.8) is 0 Å². The average Bonchev–Trinajstić information content (AvgIpc) is 2.74. The van der Waals surface area contributed by atoms with Crippen LogP contribution in [0.1, 0.15) is 6.92 Å². The lowest BCUT2D eigenvalue weighted by Gasteiger charge is -2.13. The number of anilines is 1. The van der Waals surface area contributed by atoms with E-state index in [1.165, 1.54) is 13.0 Å². The summed E-state index contributed by atoms with van der Waals surface area (Å²) in [7, 11) is 0. The average molecular weight is 382 g/mol. The van der Waals surface area contributed by atoms with Crippen LogP contribution in [0.4, 0.5) is 11.4 Å². The third kappa shape index (κ3) is 3.58. The van der Waals surface area contributed by atoms with E-state index in [1.54, 1.807) is 12.1 Å². The molecular formula is C24H18N2O3. The fourth-order valence-corrected chi connectivity index (χ4v) is 3.52. The van der Waals surface area contributed by atoms with E-state index in [0.717, 1.165) is 27.6 Å². The van der Waals surface area contributed by atoms with Gasteiger partial charge in [0.2, 0.25) is 5.91 Å². The zero-order chi connectivity index (χ0) is 20.4. The van der Waals surface area contributed by atoms with Crippen LogP contribution in [0.15, 0.2) is 84.9 Å². The van der Waals surface area contributed by atoms with Crippen LogP contribution in [-0.2, 0) is 4.79 Å². The van der Waals surface area contributed by atoms with E-state index in [1.807, 2.05) is 66.7 Å². The minimum absolute atomic E-state index is 0.124. The molecule has 0 saturated heterocycles. The van der Waals surface area contributed by atoms with Crippen molar-refractivity contribution >= 4 is 28.1 Å². The fraction of sp³-hybridized carbons (Fsp3) is 0.0417. The molecule has 142 valence electrons. The van der Waals surface area contributed by atoms with Gasteiger partial charge in [0.25, 0.3) is 5.69 Å². The summed E-state index contributed by atoms with van der Waals surface area (Å²) in [5.74, 6) is -0.349. The Morgan fingerprint density at radius 3 is 1.97 bits per heavy atom. The lowest BCUT2D eigenvalue weighted by atomic mass is 9.94. The maximum absolute atomic E-state index is 11.7. The number of benzene rings is 4. The van der Waals surface area contributed by atoms with Crippen molar-refractivity contribution in [2.24, 2.45) is 0 Å². The minimum Gasteiger partial charge on any atom is -0.320 e. The van der Waals surface area contributed by atoms with Gasteiger partial charge in [-0.05, 0) is 27.6 Å². The molecule has 0 aliphatic heterocycles. The van der Waals surface area contributed by atoms with Crippen LogP contribution < -0.4 is 5.32 Å². The number of nitrogens with zero attached hydrogens (tertiary/aromatic N) is 1. The second-order valence-corrected chi connectivity index (χ2v) is 6.75. The second kappa shape index (κ2) is 7.56. The van der Waals surface area contributed by atoms with Gasteiger partial charge < -0.3 is 5.32 Å². The molecule has 0 fully saturated rings. The molecule has 0 bridgehead atoms. The maximum Gasteiger partial charge on any atom is 0.294 e. The molecule has 0 aromatic heterocycles.